The van der Waals surface area contributed by atoms with E-state index >= 15 is 0 Å². The number of anilines is 2. The summed E-state index contributed by atoms with van der Waals surface area (Å²) >= 11 is 4.78. The highest BCUT2D eigenvalue weighted by Crippen LogP contribution is 2.29. The Balaban J connectivity index is 1.57. The molecule has 160 valence electrons. The highest BCUT2D eigenvalue weighted by Gasteiger charge is 2.18. The van der Waals surface area contributed by atoms with Gasteiger partial charge in [-0.2, -0.15) is 0 Å². The van der Waals surface area contributed by atoms with Gasteiger partial charge in [-0.25, -0.2) is 0 Å². The van der Waals surface area contributed by atoms with Crippen molar-refractivity contribution in [3.8, 4) is 11.5 Å². The predicted molar refractivity (Wildman–Crippen MR) is 127 cm³/mol. The van der Waals surface area contributed by atoms with Crippen molar-refractivity contribution in [2.75, 3.05) is 30.6 Å². The number of benzene rings is 3. The van der Waals surface area contributed by atoms with Gasteiger partial charge in [0, 0.05) is 20.7 Å². The number of methoxy groups -OCH3 is 2. The summed E-state index contributed by atoms with van der Waals surface area (Å²) in [6.07, 6.45) is 0. The maximum atomic E-state index is 12.7. The summed E-state index contributed by atoms with van der Waals surface area (Å²) in [6, 6.07) is 19.9. The van der Waals surface area contributed by atoms with Gasteiger partial charge in [-0.15, -0.1) is 11.8 Å². The van der Waals surface area contributed by atoms with Gasteiger partial charge >= 0.3 is 0 Å². The number of hydrogen-bond acceptors (Lipinski definition) is 5. The van der Waals surface area contributed by atoms with Crippen LogP contribution < -0.4 is 20.1 Å². The van der Waals surface area contributed by atoms with Crippen LogP contribution in [0.1, 0.15) is 10.4 Å². The van der Waals surface area contributed by atoms with E-state index in [0.717, 1.165) is 15.1 Å². The fraction of sp³-hybridized carbons (Fsp3) is 0.130. The molecule has 3 rings (SSSR count). The molecule has 0 heterocycles. The van der Waals surface area contributed by atoms with E-state index in [-0.39, 0.29) is 17.6 Å². The van der Waals surface area contributed by atoms with Crippen molar-refractivity contribution in [3.05, 3.63) is 76.8 Å². The molecule has 31 heavy (non-hydrogen) atoms. The lowest BCUT2D eigenvalue weighted by Crippen LogP contribution is -2.14. The minimum atomic E-state index is -0.330. The van der Waals surface area contributed by atoms with E-state index in [4.69, 9.17) is 9.47 Å². The van der Waals surface area contributed by atoms with E-state index in [9.17, 15) is 9.59 Å². The van der Waals surface area contributed by atoms with Crippen molar-refractivity contribution >= 4 is 50.9 Å². The van der Waals surface area contributed by atoms with E-state index in [1.165, 1.54) is 26.0 Å². The van der Waals surface area contributed by atoms with Crippen LogP contribution in [0, 0.1) is 0 Å². The summed E-state index contributed by atoms with van der Waals surface area (Å²) in [5.74, 6) is 0.721. The lowest BCUT2D eigenvalue weighted by molar-refractivity contribution is -0.113. The first-order valence-corrected chi connectivity index (χ1v) is 11.1. The normalized spacial score (nSPS) is 10.3. The van der Waals surface area contributed by atoms with Gasteiger partial charge in [0.1, 0.15) is 17.1 Å². The average molecular weight is 501 g/mol. The van der Waals surface area contributed by atoms with Crippen molar-refractivity contribution in [3.63, 3.8) is 0 Å². The second-order valence-corrected chi connectivity index (χ2v) is 8.32. The summed E-state index contributed by atoms with van der Waals surface area (Å²) in [5.41, 5.74) is 1.70. The van der Waals surface area contributed by atoms with Gasteiger partial charge < -0.3 is 20.1 Å². The van der Waals surface area contributed by atoms with Crippen LogP contribution in [0.5, 0.6) is 11.5 Å². The smallest absolute Gasteiger partial charge is 0.263 e. The molecule has 2 amide bonds. The number of nitrogens with one attached hydrogen (secondary N) is 2. The molecule has 0 aliphatic heterocycles. The Kier molecular flexibility index (Phi) is 7.97. The summed E-state index contributed by atoms with van der Waals surface area (Å²) in [7, 11) is 3.01. The van der Waals surface area contributed by atoms with Crippen molar-refractivity contribution in [2.24, 2.45) is 0 Å². The van der Waals surface area contributed by atoms with Crippen LogP contribution in [-0.4, -0.2) is 31.8 Å². The number of carbonyl (C=O) groups excluding carboxylic acids is 2. The molecular formula is C23H21BrN2O4S. The SMILES string of the molecule is COc1cccc(OC)c1C(=O)Nc1ccc(SCC(=O)Nc2ccc(Br)cc2)cc1. The van der Waals surface area contributed by atoms with Crippen molar-refractivity contribution in [1.29, 1.82) is 0 Å². The second kappa shape index (κ2) is 10.9. The van der Waals surface area contributed by atoms with Crippen molar-refractivity contribution in [1.82, 2.24) is 0 Å². The molecule has 3 aromatic carbocycles. The minimum absolute atomic E-state index is 0.0898. The molecule has 0 aromatic heterocycles. The third-order valence-electron chi connectivity index (χ3n) is 4.26. The lowest BCUT2D eigenvalue weighted by atomic mass is 10.1. The van der Waals surface area contributed by atoms with E-state index in [1.54, 1.807) is 30.3 Å². The zero-order chi connectivity index (χ0) is 22.2. The zero-order valence-electron chi connectivity index (χ0n) is 17.0. The Morgan fingerprint density at radius 1 is 0.839 bits per heavy atom. The van der Waals surface area contributed by atoms with Crippen LogP contribution in [0.4, 0.5) is 11.4 Å². The van der Waals surface area contributed by atoms with Gasteiger partial charge in [0.25, 0.3) is 5.91 Å². The van der Waals surface area contributed by atoms with Crippen molar-refractivity contribution in [2.45, 2.75) is 4.90 Å². The van der Waals surface area contributed by atoms with Crippen LogP contribution in [0.15, 0.2) is 76.1 Å². The molecule has 0 aliphatic carbocycles. The predicted octanol–water partition coefficient (Wildman–Crippen LogP) is 5.45. The van der Waals surface area contributed by atoms with Gasteiger partial charge in [0.2, 0.25) is 5.91 Å². The van der Waals surface area contributed by atoms with Gasteiger partial charge in [0.15, 0.2) is 0 Å². The maximum absolute atomic E-state index is 12.7. The highest BCUT2D eigenvalue weighted by molar-refractivity contribution is 9.10. The first-order valence-electron chi connectivity index (χ1n) is 9.31. The molecule has 0 spiro atoms. The largest absolute Gasteiger partial charge is 0.496 e. The monoisotopic (exact) mass is 500 g/mol. The fourth-order valence-electron chi connectivity index (χ4n) is 2.78. The first kappa shape index (κ1) is 22.7. The summed E-state index contributed by atoms with van der Waals surface area (Å²) < 4.78 is 11.5. The number of hydrogen-bond donors (Lipinski definition) is 2. The molecule has 8 heteroatoms. The molecule has 0 saturated carbocycles. The molecule has 0 saturated heterocycles. The molecule has 0 unspecified atom stereocenters. The third-order valence-corrected chi connectivity index (χ3v) is 5.81. The fourth-order valence-corrected chi connectivity index (χ4v) is 3.75. The van der Waals surface area contributed by atoms with Crippen LogP contribution in [0.25, 0.3) is 0 Å². The highest BCUT2D eigenvalue weighted by atomic mass is 79.9. The molecular weight excluding hydrogens is 480 g/mol. The van der Waals surface area contributed by atoms with Gasteiger partial charge in [-0.3, -0.25) is 9.59 Å². The number of rotatable bonds is 8. The first-order chi connectivity index (χ1) is 15.0. The Morgan fingerprint density at radius 2 is 1.39 bits per heavy atom. The Hall–Kier alpha value is -2.97. The second-order valence-electron chi connectivity index (χ2n) is 6.36. The quantitative estimate of drug-likeness (QED) is 0.402. The van der Waals surface area contributed by atoms with E-state index in [2.05, 4.69) is 26.6 Å². The molecule has 3 aromatic rings. The lowest BCUT2D eigenvalue weighted by Gasteiger charge is -2.13. The van der Waals surface area contributed by atoms with E-state index in [0.29, 0.717) is 22.7 Å². The third kappa shape index (κ3) is 6.26. The minimum Gasteiger partial charge on any atom is -0.496 e. The standard InChI is InChI=1S/C23H21BrN2O4S/c1-29-19-4-3-5-20(30-2)22(19)23(28)26-17-10-12-18(13-11-17)31-14-21(27)25-16-8-6-15(24)7-9-16/h3-13H,14H2,1-2H3,(H,25,27)(H,26,28). The van der Waals surface area contributed by atoms with E-state index < -0.39 is 0 Å². The van der Waals surface area contributed by atoms with Gasteiger partial charge in [-0.1, -0.05) is 22.0 Å². The number of thioether (sulfide) groups is 1. The molecule has 2 N–H and O–H groups in total. The number of carbonyl (C=O) groups is 2. The average Bonchev–Trinajstić information content (AvgIpc) is 2.79. The Morgan fingerprint density at radius 3 is 1.97 bits per heavy atom. The zero-order valence-corrected chi connectivity index (χ0v) is 19.4. The number of halogens is 1. The van der Waals surface area contributed by atoms with Gasteiger partial charge in [-0.05, 0) is 60.7 Å². The number of amides is 2. The van der Waals surface area contributed by atoms with Crippen LogP contribution in [0.3, 0.4) is 0 Å². The molecule has 0 bridgehead atoms. The summed E-state index contributed by atoms with van der Waals surface area (Å²) in [4.78, 5) is 25.8. The van der Waals surface area contributed by atoms with Crippen LogP contribution >= 0.6 is 27.7 Å². The molecule has 0 fully saturated rings. The molecule has 6 nitrogen and oxygen atoms in total. The topological polar surface area (TPSA) is 76.7 Å². The molecule has 0 atom stereocenters. The Bertz CT molecular complexity index is 1030. The summed E-state index contributed by atoms with van der Waals surface area (Å²) in [6.45, 7) is 0. The van der Waals surface area contributed by atoms with Crippen LogP contribution in [-0.2, 0) is 4.79 Å². The maximum Gasteiger partial charge on any atom is 0.263 e. The molecule has 0 radical (unpaired) electrons. The summed E-state index contributed by atoms with van der Waals surface area (Å²) in [5, 5.41) is 5.70. The van der Waals surface area contributed by atoms with Gasteiger partial charge in [0.05, 0.1) is 20.0 Å². The van der Waals surface area contributed by atoms with Crippen LogP contribution in [0.2, 0.25) is 0 Å². The number of ether oxygens (including phenoxy) is 2. The van der Waals surface area contributed by atoms with E-state index in [1.807, 2.05) is 36.4 Å². The van der Waals surface area contributed by atoms with Crippen molar-refractivity contribution < 1.29 is 19.1 Å². The molecule has 0 aliphatic rings. The Labute approximate surface area is 193 Å².